The third-order valence-corrected chi connectivity index (χ3v) is 4.04. The number of aryl methyl sites for hydroxylation is 1. The SMILES string of the molecule is C[n+]1cc(O)ccc1C=NNC(=O)Nc1ccc2ccccc2c1Cl.[Cl-]. The topological polar surface area (TPSA) is 77.6 Å². The predicted octanol–water partition coefficient (Wildman–Crippen LogP) is 0.183. The van der Waals surface area contributed by atoms with Gasteiger partial charge in [-0.15, -0.1) is 0 Å². The van der Waals surface area contributed by atoms with Crippen LogP contribution in [-0.4, -0.2) is 17.4 Å². The quantitative estimate of drug-likeness (QED) is 0.339. The number of nitrogens with zero attached hydrogens (tertiary/aromatic N) is 2. The van der Waals surface area contributed by atoms with E-state index >= 15 is 0 Å². The van der Waals surface area contributed by atoms with Gasteiger partial charge in [-0.05, 0) is 17.5 Å². The number of hydrazone groups is 1. The van der Waals surface area contributed by atoms with Gasteiger partial charge in [0.05, 0.1) is 10.7 Å². The molecule has 2 amide bonds. The number of pyridine rings is 1. The van der Waals surface area contributed by atoms with Crippen LogP contribution >= 0.6 is 11.6 Å². The smallest absolute Gasteiger partial charge is 0.339 e. The molecule has 0 saturated carbocycles. The molecule has 0 aliphatic rings. The van der Waals surface area contributed by atoms with Crippen LogP contribution in [0.4, 0.5) is 10.5 Å². The highest BCUT2D eigenvalue weighted by molar-refractivity contribution is 6.38. The van der Waals surface area contributed by atoms with Crippen molar-refractivity contribution in [1.82, 2.24) is 5.43 Å². The van der Waals surface area contributed by atoms with Crippen molar-refractivity contribution in [2.24, 2.45) is 12.1 Å². The number of rotatable bonds is 3. The summed E-state index contributed by atoms with van der Waals surface area (Å²) in [5, 5.41) is 18.2. The van der Waals surface area contributed by atoms with Crippen LogP contribution in [0.15, 0.2) is 59.8 Å². The summed E-state index contributed by atoms with van der Waals surface area (Å²) < 4.78 is 1.68. The average Bonchev–Trinajstić information content (AvgIpc) is 2.59. The first-order valence-electron chi connectivity index (χ1n) is 7.50. The number of halogens is 2. The second kappa shape index (κ2) is 8.51. The zero-order valence-electron chi connectivity index (χ0n) is 13.8. The fourth-order valence-electron chi connectivity index (χ4n) is 2.38. The zero-order valence-corrected chi connectivity index (χ0v) is 15.3. The second-order valence-corrected chi connectivity index (χ2v) is 5.77. The number of urea groups is 1. The third kappa shape index (κ3) is 4.41. The molecule has 0 bridgehead atoms. The van der Waals surface area contributed by atoms with Gasteiger partial charge in [-0.3, -0.25) is 0 Å². The summed E-state index contributed by atoms with van der Waals surface area (Å²) in [7, 11) is 1.76. The van der Waals surface area contributed by atoms with Crippen molar-refractivity contribution in [3.63, 3.8) is 0 Å². The minimum Gasteiger partial charge on any atom is -1.00 e. The monoisotopic (exact) mass is 390 g/mol. The van der Waals surface area contributed by atoms with Gasteiger partial charge in [0, 0.05) is 11.5 Å². The maximum Gasteiger partial charge on any atom is 0.339 e. The van der Waals surface area contributed by atoms with E-state index in [9.17, 15) is 9.90 Å². The van der Waals surface area contributed by atoms with Crippen molar-refractivity contribution >= 4 is 40.3 Å². The molecule has 2 aromatic carbocycles. The molecule has 0 aliphatic heterocycles. The normalized spacial score (nSPS) is 10.5. The lowest BCUT2D eigenvalue weighted by atomic mass is 10.1. The molecule has 0 radical (unpaired) electrons. The van der Waals surface area contributed by atoms with Crippen LogP contribution in [0.5, 0.6) is 5.75 Å². The van der Waals surface area contributed by atoms with Crippen molar-refractivity contribution in [3.8, 4) is 5.75 Å². The summed E-state index contributed by atoms with van der Waals surface area (Å²) in [5.41, 5.74) is 3.59. The van der Waals surface area contributed by atoms with Gasteiger partial charge < -0.3 is 22.8 Å². The largest absolute Gasteiger partial charge is 1.00 e. The molecule has 6 nitrogen and oxygen atoms in total. The van der Waals surface area contributed by atoms with Crippen LogP contribution in [0.1, 0.15) is 5.69 Å². The first-order chi connectivity index (χ1) is 12.0. The molecule has 1 heterocycles. The molecule has 0 atom stereocenters. The summed E-state index contributed by atoms with van der Waals surface area (Å²) >= 11 is 6.34. The van der Waals surface area contributed by atoms with Gasteiger partial charge in [-0.25, -0.2) is 10.2 Å². The molecule has 3 aromatic rings. The van der Waals surface area contributed by atoms with Gasteiger partial charge in [0.1, 0.15) is 13.3 Å². The maximum atomic E-state index is 12.0. The molecule has 134 valence electrons. The highest BCUT2D eigenvalue weighted by atomic mass is 35.5. The summed E-state index contributed by atoms with van der Waals surface area (Å²) in [6.45, 7) is 0. The predicted molar refractivity (Wildman–Crippen MR) is 98.0 cm³/mol. The molecule has 0 aliphatic carbocycles. The Morgan fingerprint density at radius 1 is 1.19 bits per heavy atom. The molecule has 3 N–H and O–H groups in total. The van der Waals surface area contributed by atoms with E-state index in [4.69, 9.17) is 11.6 Å². The molecule has 0 spiro atoms. The first kappa shape index (κ1) is 19.5. The van der Waals surface area contributed by atoms with Crippen molar-refractivity contribution in [2.75, 3.05) is 5.32 Å². The Hall–Kier alpha value is -2.83. The van der Waals surface area contributed by atoms with Crippen molar-refractivity contribution in [2.45, 2.75) is 0 Å². The number of carbonyl (C=O) groups excluding carboxylic acids is 1. The van der Waals surface area contributed by atoms with Gasteiger partial charge in [0.15, 0.2) is 5.75 Å². The number of nitrogens with one attached hydrogen (secondary N) is 2. The highest BCUT2D eigenvalue weighted by Crippen LogP contribution is 2.30. The van der Waals surface area contributed by atoms with E-state index in [1.165, 1.54) is 18.5 Å². The number of hydrogen-bond acceptors (Lipinski definition) is 3. The molecule has 8 heteroatoms. The third-order valence-electron chi connectivity index (χ3n) is 3.63. The second-order valence-electron chi connectivity index (χ2n) is 5.40. The lowest BCUT2D eigenvalue weighted by Crippen LogP contribution is -3.00. The minimum atomic E-state index is -0.505. The Labute approximate surface area is 161 Å². The van der Waals surface area contributed by atoms with Gasteiger partial charge >= 0.3 is 6.03 Å². The Bertz CT molecular complexity index is 977. The van der Waals surface area contributed by atoms with Crippen LogP contribution in [0.2, 0.25) is 5.02 Å². The minimum absolute atomic E-state index is 0. The lowest BCUT2D eigenvalue weighted by molar-refractivity contribution is -0.672. The highest BCUT2D eigenvalue weighted by Gasteiger charge is 2.08. The Morgan fingerprint density at radius 2 is 1.96 bits per heavy atom. The van der Waals surface area contributed by atoms with E-state index in [1.54, 1.807) is 23.7 Å². The zero-order chi connectivity index (χ0) is 17.8. The van der Waals surface area contributed by atoms with Crippen LogP contribution in [0, 0.1) is 0 Å². The van der Waals surface area contributed by atoms with Gasteiger partial charge in [0.25, 0.3) is 0 Å². The van der Waals surface area contributed by atoms with Gasteiger partial charge in [0.2, 0.25) is 11.9 Å². The Morgan fingerprint density at radius 3 is 2.73 bits per heavy atom. The summed E-state index contributed by atoms with van der Waals surface area (Å²) in [6.07, 6.45) is 3.01. The number of hydrogen-bond donors (Lipinski definition) is 3. The number of benzene rings is 2. The summed E-state index contributed by atoms with van der Waals surface area (Å²) in [4.78, 5) is 12.0. The first-order valence-corrected chi connectivity index (χ1v) is 7.88. The van der Waals surface area contributed by atoms with E-state index < -0.39 is 6.03 Å². The molecule has 0 fully saturated rings. The van der Waals surface area contributed by atoms with E-state index in [0.717, 1.165) is 10.8 Å². The van der Waals surface area contributed by atoms with E-state index in [1.807, 2.05) is 30.3 Å². The van der Waals surface area contributed by atoms with Gasteiger partial charge in [-0.2, -0.15) is 9.67 Å². The number of aromatic hydroxyl groups is 1. The van der Waals surface area contributed by atoms with Crippen LogP contribution in [0.25, 0.3) is 10.8 Å². The van der Waals surface area contributed by atoms with Crippen LogP contribution < -0.4 is 27.7 Å². The van der Waals surface area contributed by atoms with Crippen molar-refractivity contribution in [3.05, 3.63) is 65.4 Å². The standard InChI is InChI=1S/C18H15ClN4O2.ClH/c1-23-11-14(24)8-7-13(23)10-20-22-18(25)21-16-9-6-12-4-2-3-5-15(12)17(16)19;/h2-11H,1H3,(H2,21,24,25);1H. The number of anilines is 1. The molecule has 0 saturated heterocycles. The molecular formula is C18H16Cl2N4O2. The Balaban J connectivity index is 0.00000243. The Kier molecular flexibility index (Phi) is 6.38. The van der Waals surface area contributed by atoms with E-state index in [-0.39, 0.29) is 18.2 Å². The van der Waals surface area contributed by atoms with Gasteiger partial charge in [-0.1, -0.05) is 41.9 Å². The molecule has 1 aromatic heterocycles. The molecule has 26 heavy (non-hydrogen) atoms. The molecule has 0 unspecified atom stereocenters. The van der Waals surface area contributed by atoms with Crippen molar-refractivity contribution < 1.29 is 26.9 Å². The fraction of sp³-hybridized carbons (Fsp3) is 0.0556. The maximum absolute atomic E-state index is 12.0. The lowest BCUT2D eigenvalue weighted by Gasteiger charge is -2.08. The van der Waals surface area contributed by atoms with Crippen molar-refractivity contribution in [1.29, 1.82) is 0 Å². The molecule has 3 rings (SSSR count). The number of carbonyl (C=O) groups is 1. The fourth-order valence-corrected chi connectivity index (χ4v) is 2.66. The van der Waals surface area contributed by atoms with Crippen LogP contribution in [-0.2, 0) is 7.05 Å². The summed E-state index contributed by atoms with van der Waals surface area (Å²) in [5.74, 6) is 0.149. The molecular weight excluding hydrogens is 375 g/mol. The van der Waals surface area contributed by atoms with E-state index in [2.05, 4.69) is 15.8 Å². The number of fused-ring (bicyclic) bond motifs is 1. The summed E-state index contributed by atoms with van der Waals surface area (Å²) in [6, 6.07) is 14.0. The average molecular weight is 391 g/mol. The number of amides is 2. The van der Waals surface area contributed by atoms with E-state index in [0.29, 0.717) is 16.4 Å². The van der Waals surface area contributed by atoms with Crippen LogP contribution in [0.3, 0.4) is 0 Å². The number of aromatic nitrogens is 1.